The van der Waals surface area contributed by atoms with Crippen LogP contribution in [-0.4, -0.2) is 0 Å². The normalized spacial score (nSPS) is 11.8. The van der Waals surface area contributed by atoms with Gasteiger partial charge in [-0.2, -0.15) is 0 Å². The molecule has 0 bridgehead atoms. The van der Waals surface area contributed by atoms with Gasteiger partial charge in [-0.25, -0.2) is 0 Å². The molecule has 8 heterocycles. The van der Waals surface area contributed by atoms with E-state index in [0.717, 1.165) is 19.3 Å². The minimum Gasteiger partial charge on any atom is -0.143 e. The molecule has 0 unspecified atom stereocenters. The zero-order valence-electron chi connectivity index (χ0n) is 47.2. The first kappa shape index (κ1) is 58.0. The zero-order chi connectivity index (χ0) is 54.3. The van der Waals surface area contributed by atoms with Crippen molar-refractivity contribution in [2.45, 2.75) is 163 Å². The van der Waals surface area contributed by atoms with Crippen LogP contribution in [0.1, 0.15) is 169 Å². The van der Waals surface area contributed by atoms with Gasteiger partial charge in [-0.05, 0) is 175 Å². The maximum atomic E-state index is 2.59. The monoisotopic (exact) mass is 1190 g/mol. The largest absolute Gasteiger partial charge is 0.143 e. The van der Waals surface area contributed by atoms with Crippen LogP contribution in [0.15, 0.2) is 127 Å². The van der Waals surface area contributed by atoms with Crippen molar-refractivity contribution in [2.24, 2.45) is 0 Å². The highest BCUT2D eigenvalue weighted by molar-refractivity contribution is 7.31. The average molecular weight is 1190 g/mol. The van der Waals surface area contributed by atoms with Gasteiger partial charge in [0.1, 0.15) is 0 Å². The highest BCUT2D eigenvalue weighted by Gasteiger charge is 2.22. The van der Waals surface area contributed by atoms with Crippen molar-refractivity contribution in [3.63, 3.8) is 0 Å². The minimum absolute atomic E-state index is 1.13. The maximum absolute atomic E-state index is 2.59. The standard InChI is InChI=1S/C71H78S8/c1-6-10-14-18-22-53-44-45-72-68(53)61-40-36-57(73-61)58-38-42-63(75-58)70-55(24-20-16-12-8-3)47-66(78-70)67-48-56(25-21-17-13-9-4)71(79-67)64-43-39-60(76-64)59-37-41-62(74-59)69-54(23-19-15-11-7-2)46-65(77-69)52-34-32-51(33-35-52)31-30-50-28-26-49(5)27-29-50/h26-48H,6-25H2,1-5H3. The highest BCUT2D eigenvalue weighted by Crippen LogP contribution is 2.51. The van der Waals surface area contributed by atoms with Gasteiger partial charge in [0.05, 0.1) is 0 Å². The molecule has 0 aliphatic carbocycles. The van der Waals surface area contributed by atoms with Crippen molar-refractivity contribution < 1.29 is 0 Å². The molecule has 0 amide bonds. The number of rotatable bonds is 30. The number of aryl methyl sites for hydroxylation is 5. The molecule has 0 atom stereocenters. The van der Waals surface area contributed by atoms with Crippen LogP contribution >= 0.6 is 90.7 Å². The Morgan fingerprint density at radius 3 is 1.04 bits per heavy atom. The second-order valence-electron chi connectivity index (χ2n) is 21.4. The number of hydrogen-bond donors (Lipinski definition) is 0. The Bertz CT molecular complexity index is 3470. The minimum atomic E-state index is 1.13. The number of benzene rings is 2. The molecule has 8 aromatic heterocycles. The van der Waals surface area contributed by atoms with Gasteiger partial charge in [-0.15, -0.1) is 90.7 Å². The van der Waals surface area contributed by atoms with E-state index in [2.05, 4.69) is 173 Å². The molecule has 79 heavy (non-hydrogen) atoms. The summed E-state index contributed by atoms with van der Waals surface area (Å²) in [6, 6.07) is 47.2. The summed E-state index contributed by atoms with van der Waals surface area (Å²) in [7, 11) is 0. The van der Waals surface area contributed by atoms with Gasteiger partial charge >= 0.3 is 0 Å². The summed E-state index contributed by atoms with van der Waals surface area (Å²) >= 11 is 15.9. The van der Waals surface area contributed by atoms with Gasteiger partial charge in [0.15, 0.2) is 0 Å². The lowest BCUT2D eigenvalue weighted by molar-refractivity contribution is 0.668. The van der Waals surface area contributed by atoms with Crippen LogP contribution in [-0.2, 0) is 25.7 Å². The zero-order valence-corrected chi connectivity index (χ0v) is 53.7. The molecule has 0 saturated heterocycles. The molecule has 2 aromatic carbocycles. The molecule has 10 aromatic rings. The maximum Gasteiger partial charge on any atom is 0.0481 e. The second kappa shape index (κ2) is 29.2. The molecule has 0 N–H and O–H groups in total. The van der Waals surface area contributed by atoms with Crippen molar-refractivity contribution >= 4 is 103 Å². The Kier molecular flexibility index (Phi) is 21.4. The predicted molar refractivity (Wildman–Crippen MR) is 364 cm³/mol. The summed E-state index contributed by atoms with van der Waals surface area (Å²) in [5.41, 5.74) is 11.2. The van der Waals surface area contributed by atoms with Crippen molar-refractivity contribution in [1.82, 2.24) is 0 Å². The lowest BCUT2D eigenvalue weighted by atomic mass is 10.0. The smallest absolute Gasteiger partial charge is 0.0481 e. The van der Waals surface area contributed by atoms with Crippen molar-refractivity contribution in [3.8, 4) is 78.7 Å². The Morgan fingerprint density at radius 1 is 0.291 bits per heavy atom. The molecule has 0 aliphatic heterocycles. The molecular weight excluding hydrogens is 1110 g/mol. The quantitative estimate of drug-likeness (QED) is 0.0311. The van der Waals surface area contributed by atoms with Gasteiger partial charge < -0.3 is 0 Å². The third kappa shape index (κ3) is 15.1. The Hall–Kier alpha value is -4.22. The van der Waals surface area contributed by atoms with Gasteiger partial charge in [0.25, 0.3) is 0 Å². The molecule has 10 rings (SSSR count). The van der Waals surface area contributed by atoms with Crippen LogP contribution < -0.4 is 0 Å². The fraction of sp³-hybridized carbons (Fsp3) is 0.352. The van der Waals surface area contributed by atoms with E-state index >= 15 is 0 Å². The van der Waals surface area contributed by atoms with Gasteiger partial charge in [0.2, 0.25) is 0 Å². The summed E-state index contributed by atoms with van der Waals surface area (Å²) in [5, 5.41) is 2.30. The first-order valence-electron chi connectivity index (χ1n) is 29.6. The van der Waals surface area contributed by atoms with Crippen LogP contribution in [0.3, 0.4) is 0 Å². The van der Waals surface area contributed by atoms with E-state index in [9.17, 15) is 0 Å². The molecule has 8 heteroatoms. The summed E-state index contributed by atoms with van der Waals surface area (Å²) in [4.78, 5) is 21.4. The fourth-order valence-corrected chi connectivity index (χ4v) is 20.0. The van der Waals surface area contributed by atoms with E-state index < -0.39 is 0 Å². The summed E-state index contributed by atoms with van der Waals surface area (Å²) in [6.45, 7) is 11.4. The lowest BCUT2D eigenvalue weighted by Gasteiger charge is -2.02. The van der Waals surface area contributed by atoms with E-state index in [-0.39, 0.29) is 0 Å². The Morgan fingerprint density at radius 2 is 0.633 bits per heavy atom. The fourth-order valence-electron chi connectivity index (χ4n) is 10.6. The lowest BCUT2D eigenvalue weighted by Crippen LogP contribution is -1.85. The summed E-state index contributed by atoms with van der Waals surface area (Å²) < 4.78 is 0. The topological polar surface area (TPSA) is 0 Å². The van der Waals surface area contributed by atoms with Gasteiger partial charge in [0, 0.05) is 73.2 Å². The van der Waals surface area contributed by atoms with Crippen LogP contribution in [0.4, 0.5) is 0 Å². The van der Waals surface area contributed by atoms with Gasteiger partial charge in [-0.3, -0.25) is 0 Å². The first-order valence-corrected chi connectivity index (χ1v) is 36.2. The second-order valence-corrected chi connectivity index (χ2v) is 29.8. The number of thiophene rings is 8. The summed E-state index contributed by atoms with van der Waals surface area (Å²) in [6.07, 6.45) is 29.6. The summed E-state index contributed by atoms with van der Waals surface area (Å²) in [5.74, 6) is 0. The third-order valence-corrected chi connectivity index (χ3v) is 25.3. The van der Waals surface area contributed by atoms with E-state index in [1.54, 1.807) is 0 Å². The van der Waals surface area contributed by atoms with Crippen LogP contribution in [0, 0.1) is 6.92 Å². The van der Waals surface area contributed by atoms with Crippen molar-refractivity contribution in [1.29, 1.82) is 0 Å². The van der Waals surface area contributed by atoms with Gasteiger partial charge in [-0.1, -0.05) is 171 Å². The van der Waals surface area contributed by atoms with E-state index in [1.165, 1.54) is 227 Å². The number of hydrogen-bond acceptors (Lipinski definition) is 8. The Balaban J connectivity index is 0.904. The molecule has 0 radical (unpaired) electrons. The SMILES string of the molecule is CCCCCCc1ccsc1-c1ccc(-c2ccc(-c3sc(-c4cc(CCCCCC)c(-c5ccc(-c6ccc(-c7sc(-c8ccc(C=Cc9ccc(C)cc9)cc8)cc7CCCCCC)s6)s5)s4)cc3CCCCCC)s2)s1. The molecule has 0 spiro atoms. The van der Waals surface area contributed by atoms with E-state index in [0.29, 0.717) is 0 Å². The molecule has 0 nitrogen and oxygen atoms in total. The first-order chi connectivity index (χ1) is 38.9. The number of unbranched alkanes of at least 4 members (excludes halogenated alkanes) is 12. The third-order valence-electron chi connectivity index (χ3n) is 15.2. The highest BCUT2D eigenvalue weighted by atomic mass is 32.1. The average Bonchev–Trinajstić information content (AvgIpc) is 4.33. The van der Waals surface area contributed by atoms with Crippen LogP contribution in [0.5, 0.6) is 0 Å². The molecule has 0 saturated carbocycles. The van der Waals surface area contributed by atoms with Crippen LogP contribution in [0.25, 0.3) is 90.9 Å². The predicted octanol–water partition coefficient (Wildman–Crippen LogP) is 26.5. The molecular formula is C71H78S8. The van der Waals surface area contributed by atoms with E-state index in [1.807, 2.05) is 90.7 Å². The Labute approximate surface area is 505 Å². The van der Waals surface area contributed by atoms with Crippen LogP contribution in [0.2, 0.25) is 0 Å². The van der Waals surface area contributed by atoms with E-state index in [4.69, 9.17) is 0 Å². The molecule has 0 aliphatic rings. The molecule has 410 valence electrons. The van der Waals surface area contributed by atoms with Crippen molar-refractivity contribution in [2.75, 3.05) is 0 Å². The van der Waals surface area contributed by atoms with Crippen molar-refractivity contribution in [3.05, 3.63) is 166 Å². The molecule has 0 fully saturated rings.